The van der Waals surface area contributed by atoms with E-state index in [2.05, 4.69) is 41.5 Å². The summed E-state index contributed by atoms with van der Waals surface area (Å²) in [6.07, 6.45) is 0.194. The van der Waals surface area contributed by atoms with Crippen LogP contribution in [0.4, 0.5) is 4.39 Å². The van der Waals surface area contributed by atoms with Crippen LogP contribution in [0.3, 0.4) is 0 Å². The van der Waals surface area contributed by atoms with E-state index in [1.54, 1.807) is 11.6 Å². The zero-order valence-electron chi connectivity index (χ0n) is 19.7. The molecule has 34 heavy (non-hydrogen) atoms. The normalized spacial score (nSPS) is 18.8. The molecule has 1 N–H and O–H groups in total. The van der Waals surface area contributed by atoms with Crippen LogP contribution in [-0.4, -0.2) is 50.2 Å². The summed E-state index contributed by atoms with van der Waals surface area (Å²) in [5, 5.41) is 10.8. The van der Waals surface area contributed by atoms with Gasteiger partial charge >= 0.3 is 0 Å². The summed E-state index contributed by atoms with van der Waals surface area (Å²) in [5.74, 6) is 0.161. The molecule has 1 aromatic heterocycles. The maximum atomic E-state index is 14.4. The number of halogens is 1. The van der Waals surface area contributed by atoms with Gasteiger partial charge in [-0.15, -0.1) is 10.2 Å². The van der Waals surface area contributed by atoms with Crippen molar-refractivity contribution in [1.82, 2.24) is 25.0 Å². The number of aromatic nitrogens is 3. The Bertz CT molecular complexity index is 1130. The van der Waals surface area contributed by atoms with E-state index >= 15 is 0 Å². The molecule has 4 rings (SSSR count). The van der Waals surface area contributed by atoms with Crippen molar-refractivity contribution in [2.24, 2.45) is 7.05 Å². The molecule has 0 bridgehead atoms. The van der Waals surface area contributed by atoms with Crippen LogP contribution in [0, 0.1) is 0 Å². The summed E-state index contributed by atoms with van der Waals surface area (Å²) in [6.45, 7) is 4.16. The Morgan fingerprint density at radius 2 is 1.71 bits per heavy atom. The van der Waals surface area contributed by atoms with Crippen LogP contribution in [0.25, 0.3) is 0 Å². The van der Waals surface area contributed by atoms with Gasteiger partial charge in [-0.25, -0.2) is 4.39 Å². The minimum Gasteiger partial charge on any atom is -0.343 e. The van der Waals surface area contributed by atoms with Crippen molar-refractivity contribution in [2.75, 3.05) is 6.54 Å². The predicted molar refractivity (Wildman–Crippen MR) is 127 cm³/mol. The Labute approximate surface area is 199 Å². The molecular weight excluding hydrogens is 433 g/mol. The molecule has 1 aliphatic heterocycles. The number of carbonyl (C=O) groups is 2. The van der Waals surface area contributed by atoms with Gasteiger partial charge in [0.2, 0.25) is 11.8 Å². The predicted octanol–water partition coefficient (Wildman–Crippen LogP) is 3.33. The molecule has 1 fully saturated rings. The van der Waals surface area contributed by atoms with Crippen LogP contribution in [0.5, 0.6) is 0 Å². The number of amides is 2. The molecule has 2 heterocycles. The van der Waals surface area contributed by atoms with Crippen molar-refractivity contribution in [2.45, 2.75) is 50.9 Å². The molecule has 2 amide bonds. The maximum Gasteiger partial charge on any atom is 0.243 e. The molecule has 0 aliphatic carbocycles. The topological polar surface area (TPSA) is 80.1 Å². The van der Waals surface area contributed by atoms with Crippen molar-refractivity contribution in [1.29, 1.82) is 0 Å². The average Bonchev–Trinajstić information content (AvgIpc) is 3.43. The lowest BCUT2D eigenvalue weighted by atomic mass is 9.95. The summed E-state index contributed by atoms with van der Waals surface area (Å²) >= 11 is 0. The van der Waals surface area contributed by atoms with Crippen molar-refractivity contribution < 1.29 is 14.0 Å². The Kier molecular flexibility index (Phi) is 7.05. The molecule has 0 radical (unpaired) electrons. The Morgan fingerprint density at radius 3 is 2.32 bits per heavy atom. The van der Waals surface area contributed by atoms with Gasteiger partial charge in [0.25, 0.3) is 0 Å². The minimum atomic E-state index is -1.25. The van der Waals surface area contributed by atoms with Crippen molar-refractivity contribution in [3.8, 4) is 0 Å². The van der Waals surface area contributed by atoms with E-state index in [0.717, 1.165) is 11.1 Å². The standard InChI is InChI=1S/C26H30FN5O2/c1-17(2)18-9-11-20(12-10-18)25(19-7-5-4-6-8-19)29-26(34)22-13-21(27)15-32(22)24(33)14-23-30-28-16-31(23)3/h4-12,16-17,21-22,25H,13-15H2,1-3H3,(H,29,34)/t21-,22?,25+/m1/s1. The van der Waals surface area contributed by atoms with Crippen molar-refractivity contribution in [3.05, 3.63) is 83.4 Å². The SMILES string of the molecule is CC(C)c1ccc([C@@H](NC(=O)C2C[C@@H](F)CN2C(=O)Cc2nncn2C)c2ccccc2)cc1. The third-order valence-corrected chi connectivity index (χ3v) is 6.34. The van der Waals surface area contributed by atoms with Crippen LogP contribution in [0.2, 0.25) is 0 Å². The summed E-state index contributed by atoms with van der Waals surface area (Å²) in [5.41, 5.74) is 3.05. The summed E-state index contributed by atoms with van der Waals surface area (Å²) in [7, 11) is 1.74. The Balaban J connectivity index is 1.56. The van der Waals surface area contributed by atoms with Crippen LogP contribution in [-0.2, 0) is 23.1 Å². The largest absolute Gasteiger partial charge is 0.343 e. The lowest BCUT2D eigenvalue weighted by Crippen LogP contribution is -2.47. The van der Waals surface area contributed by atoms with E-state index in [1.165, 1.54) is 16.8 Å². The molecule has 0 saturated carbocycles. The van der Waals surface area contributed by atoms with Crippen molar-refractivity contribution >= 4 is 11.8 Å². The Hall–Kier alpha value is -3.55. The number of alkyl halides is 1. The van der Waals surface area contributed by atoms with Gasteiger partial charge in [-0.3, -0.25) is 9.59 Å². The number of benzene rings is 2. The van der Waals surface area contributed by atoms with E-state index in [9.17, 15) is 14.0 Å². The number of hydrogen-bond donors (Lipinski definition) is 1. The van der Waals surface area contributed by atoms with Crippen LogP contribution in [0.15, 0.2) is 60.9 Å². The molecule has 2 aromatic carbocycles. The van der Waals surface area contributed by atoms with Gasteiger partial charge in [0.1, 0.15) is 24.4 Å². The highest BCUT2D eigenvalue weighted by Gasteiger charge is 2.40. The number of likely N-dealkylation sites (tertiary alicyclic amines) is 1. The fourth-order valence-electron chi connectivity index (χ4n) is 4.33. The molecule has 0 spiro atoms. The smallest absolute Gasteiger partial charge is 0.243 e. The van der Waals surface area contributed by atoms with Crippen LogP contribution in [0.1, 0.15) is 54.7 Å². The molecule has 3 atom stereocenters. The highest BCUT2D eigenvalue weighted by atomic mass is 19.1. The molecule has 1 saturated heterocycles. The number of carbonyl (C=O) groups excluding carboxylic acids is 2. The van der Waals surface area contributed by atoms with E-state index in [-0.39, 0.29) is 31.2 Å². The third-order valence-electron chi connectivity index (χ3n) is 6.34. The monoisotopic (exact) mass is 463 g/mol. The van der Waals surface area contributed by atoms with Gasteiger partial charge in [-0.2, -0.15) is 0 Å². The number of nitrogens with one attached hydrogen (secondary N) is 1. The number of nitrogens with zero attached hydrogens (tertiary/aromatic N) is 4. The zero-order chi connectivity index (χ0) is 24.2. The van der Waals surface area contributed by atoms with Gasteiger partial charge in [0, 0.05) is 13.5 Å². The highest BCUT2D eigenvalue weighted by Crippen LogP contribution is 2.27. The van der Waals surface area contributed by atoms with Gasteiger partial charge in [-0.05, 0) is 22.6 Å². The number of hydrogen-bond acceptors (Lipinski definition) is 4. The fraction of sp³-hybridized carbons (Fsp3) is 0.385. The first-order chi connectivity index (χ1) is 16.3. The molecular formula is C26H30FN5O2. The first kappa shape index (κ1) is 23.6. The quantitative estimate of drug-likeness (QED) is 0.583. The lowest BCUT2D eigenvalue weighted by Gasteiger charge is -2.27. The second-order valence-corrected chi connectivity index (χ2v) is 9.10. The maximum absolute atomic E-state index is 14.4. The average molecular weight is 464 g/mol. The molecule has 1 aliphatic rings. The molecule has 7 nitrogen and oxygen atoms in total. The number of aryl methyl sites for hydroxylation is 1. The summed E-state index contributed by atoms with van der Waals surface area (Å²) < 4.78 is 16.0. The fourth-order valence-corrected chi connectivity index (χ4v) is 4.33. The summed E-state index contributed by atoms with van der Waals surface area (Å²) in [6, 6.07) is 16.5. The first-order valence-electron chi connectivity index (χ1n) is 11.5. The van der Waals surface area contributed by atoms with Gasteiger partial charge in [0.15, 0.2) is 0 Å². The highest BCUT2D eigenvalue weighted by molar-refractivity contribution is 5.89. The first-order valence-corrected chi connectivity index (χ1v) is 11.5. The lowest BCUT2D eigenvalue weighted by molar-refractivity contribution is -0.138. The van der Waals surface area contributed by atoms with E-state index < -0.39 is 18.3 Å². The van der Waals surface area contributed by atoms with Gasteiger partial charge in [-0.1, -0.05) is 68.4 Å². The summed E-state index contributed by atoms with van der Waals surface area (Å²) in [4.78, 5) is 27.7. The second kappa shape index (κ2) is 10.2. The van der Waals surface area contributed by atoms with Crippen LogP contribution < -0.4 is 5.32 Å². The Morgan fingerprint density at radius 1 is 1.06 bits per heavy atom. The van der Waals surface area contributed by atoms with Crippen molar-refractivity contribution in [3.63, 3.8) is 0 Å². The molecule has 178 valence electrons. The third kappa shape index (κ3) is 5.16. The minimum absolute atomic E-state index is 0.0236. The van der Waals surface area contributed by atoms with Gasteiger partial charge in [0.05, 0.1) is 19.0 Å². The zero-order valence-corrected chi connectivity index (χ0v) is 19.7. The molecule has 1 unspecified atom stereocenters. The second-order valence-electron chi connectivity index (χ2n) is 9.10. The van der Waals surface area contributed by atoms with Crippen LogP contribution >= 0.6 is 0 Å². The van der Waals surface area contributed by atoms with E-state index in [1.807, 2.05) is 42.5 Å². The number of rotatable bonds is 7. The van der Waals surface area contributed by atoms with E-state index in [4.69, 9.17) is 0 Å². The van der Waals surface area contributed by atoms with Gasteiger partial charge < -0.3 is 14.8 Å². The molecule has 3 aromatic rings. The van der Waals surface area contributed by atoms with E-state index in [0.29, 0.717) is 11.7 Å². The molecule has 8 heteroatoms.